The van der Waals surface area contributed by atoms with E-state index in [2.05, 4.69) is 73.5 Å². The molecule has 0 bridgehead atoms. The summed E-state index contributed by atoms with van der Waals surface area (Å²) in [5.41, 5.74) is 5.10. The second kappa shape index (κ2) is 18.6. The fourth-order valence-corrected chi connectivity index (χ4v) is 12.7. The average molecular weight is 976 g/mol. The van der Waals surface area contributed by atoms with E-state index in [0.717, 1.165) is 93.0 Å². The minimum absolute atomic E-state index is 0.0180. The smallest absolute Gasteiger partial charge is 0.264 e. The Morgan fingerprint density at radius 1 is 0.929 bits per heavy atom. The molecule has 3 aromatic heterocycles. The molecule has 2 aromatic carbocycles. The predicted molar refractivity (Wildman–Crippen MR) is 262 cm³/mol. The molecule has 2 amide bonds. The van der Waals surface area contributed by atoms with E-state index in [1.807, 2.05) is 11.0 Å². The molecule has 70 heavy (non-hydrogen) atoms. The molecule has 0 spiro atoms. The van der Waals surface area contributed by atoms with Crippen LogP contribution < -0.4 is 19.9 Å². The molecule has 0 radical (unpaired) electrons. The topological polar surface area (TPSA) is 154 Å². The molecule has 6 heterocycles. The number of carbonyl (C=O) groups excluding carboxylic acids is 2. The number of halogens is 3. The van der Waals surface area contributed by atoms with E-state index in [1.54, 1.807) is 67.7 Å². The first-order chi connectivity index (χ1) is 33.5. The third-order valence-corrected chi connectivity index (χ3v) is 16.2. The number of amides is 2. The first kappa shape index (κ1) is 47.6. The van der Waals surface area contributed by atoms with Crippen LogP contribution in [-0.4, -0.2) is 109 Å². The number of anilines is 3. The summed E-state index contributed by atoms with van der Waals surface area (Å²) >= 11 is 6.28. The number of benzene rings is 2. The molecule has 5 aromatic rings. The zero-order chi connectivity index (χ0) is 49.2. The van der Waals surface area contributed by atoms with Gasteiger partial charge in [0.2, 0.25) is 11.9 Å². The van der Waals surface area contributed by atoms with Crippen LogP contribution in [0.3, 0.4) is 0 Å². The van der Waals surface area contributed by atoms with Crippen molar-refractivity contribution in [2.45, 2.75) is 117 Å². The summed E-state index contributed by atoms with van der Waals surface area (Å²) in [7, 11) is 1.79. The molecule has 15 nitrogen and oxygen atoms in total. The van der Waals surface area contributed by atoms with E-state index in [4.69, 9.17) is 21.4 Å². The van der Waals surface area contributed by atoms with Gasteiger partial charge in [-0.05, 0) is 73.9 Å². The number of rotatable bonds is 10. The van der Waals surface area contributed by atoms with Gasteiger partial charge in [-0.1, -0.05) is 39.3 Å². The highest BCUT2D eigenvalue weighted by Crippen LogP contribution is 2.56. The zero-order valence-corrected chi connectivity index (χ0v) is 41.5. The van der Waals surface area contributed by atoms with Crippen LogP contribution in [0, 0.1) is 22.2 Å². The molecular weight excluding hydrogens is 914 g/mol. The first-order valence-electron chi connectivity index (χ1n) is 24.6. The lowest BCUT2D eigenvalue weighted by Gasteiger charge is -2.63. The number of nitriles is 1. The number of aromatic nitrogens is 6. The van der Waals surface area contributed by atoms with Gasteiger partial charge >= 0.3 is 0 Å². The Balaban J connectivity index is 0.767. The maximum atomic E-state index is 14.8. The minimum Gasteiger partial charge on any atom is -0.489 e. The molecular formula is C52H61ClF2N12O3. The summed E-state index contributed by atoms with van der Waals surface area (Å²) in [6, 6.07) is 11.2. The molecule has 5 aliphatic rings. The molecule has 0 unspecified atom stereocenters. The Bertz CT molecular complexity index is 2820. The molecule has 0 atom stereocenters. The fraction of sp³-hybridized carbons (Fsp3) is 0.519. The van der Waals surface area contributed by atoms with E-state index in [-0.39, 0.29) is 35.6 Å². The van der Waals surface area contributed by atoms with E-state index in [9.17, 15) is 23.6 Å². The van der Waals surface area contributed by atoms with Crippen LogP contribution >= 0.6 is 11.6 Å². The third kappa shape index (κ3) is 8.64. The highest BCUT2D eigenvalue weighted by atomic mass is 35.5. The maximum Gasteiger partial charge on any atom is 0.264 e. The summed E-state index contributed by atoms with van der Waals surface area (Å²) in [6.45, 7) is 14.9. The second-order valence-electron chi connectivity index (χ2n) is 21.0. The average Bonchev–Trinajstić information content (AvgIpc) is 3.97. The SMILES string of the molecule is CC(=O)N1CCc2c(c(N3CCCc4cc(-c5cnn(C)c5)c(C(F)F)cc43)nn2C2CCC(N3CCN(c4ncc(C(=O)NC5C(C)(C)C(Oc6ccc(C#N)c(Cl)c6)C5(C)C)cn4)CC3)CC2)C1. The number of hydrogen-bond donors (Lipinski definition) is 1. The van der Waals surface area contributed by atoms with Gasteiger partial charge in [-0.3, -0.25) is 23.9 Å². The van der Waals surface area contributed by atoms with Gasteiger partial charge in [0.25, 0.3) is 12.3 Å². The third-order valence-electron chi connectivity index (χ3n) is 15.8. The summed E-state index contributed by atoms with van der Waals surface area (Å²) in [4.78, 5) is 44.4. The van der Waals surface area contributed by atoms with Gasteiger partial charge in [0.15, 0.2) is 5.82 Å². The van der Waals surface area contributed by atoms with Gasteiger partial charge in [0.1, 0.15) is 17.9 Å². The van der Waals surface area contributed by atoms with Crippen LogP contribution in [0.25, 0.3) is 11.1 Å². The van der Waals surface area contributed by atoms with Crippen LogP contribution in [0.1, 0.15) is 117 Å². The lowest BCUT2D eigenvalue weighted by atomic mass is 9.49. The zero-order valence-electron chi connectivity index (χ0n) is 40.8. The van der Waals surface area contributed by atoms with Crippen molar-refractivity contribution in [3.8, 4) is 22.9 Å². The number of nitrogens with zero attached hydrogens (tertiary/aromatic N) is 11. The summed E-state index contributed by atoms with van der Waals surface area (Å²) in [6.07, 6.45) is 10.1. The van der Waals surface area contributed by atoms with E-state index in [0.29, 0.717) is 71.1 Å². The van der Waals surface area contributed by atoms with Gasteiger partial charge < -0.3 is 24.8 Å². The summed E-state index contributed by atoms with van der Waals surface area (Å²) < 4.78 is 39.8. The largest absolute Gasteiger partial charge is 0.489 e. The highest BCUT2D eigenvalue weighted by molar-refractivity contribution is 6.31. The van der Waals surface area contributed by atoms with E-state index >= 15 is 0 Å². The monoisotopic (exact) mass is 974 g/mol. The number of aryl methyl sites for hydroxylation is 2. The molecule has 1 N–H and O–H groups in total. The Morgan fingerprint density at radius 2 is 1.64 bits per heavy atom. The maximum absolute atomic E-state index is 14.8. The van der Waals surface area contributed by atoms with Crippen LogP contribution in [-0.2, 0) is 31.2 Å². The van der Waals surface area contributed by atoms with Crippen LogP contribution in [0.5, 0.6) is 5.75 Å². The number of alkyl halides is 2. The molecule has 3 fully saturated rings. The van der Waals surface area contributed by atoms with Crippen molar-refractivity contribution < 1.29 is 23.1 Å². The molecule has 2 aliphatic carbocycles. The van der Waals surface area contributed by atoms with Gasteiger partial charge in [-0.15, -0.1) is 0 Å². The molecule has 3 aliphatic heterocycles. The van der Waals surface area contributed by atoms with Gasteiger partial charge in [0.05, 0.1) is 34.9 Å². The Morgan fingerprint density at radius 3 is 2.29 bits per heavy atom. The number of nitrogens with one attached hydrogen (secondary N) is 1. The Labute approximate surface area is 412 Å². The number of piperazine rings is 1. The van der Waals surface area contributed by atoms with Crippen LogP contribution in [0.15, 0.2) is 55.1 Å². The number of fused-ring (bicyclic) bond motifs is 2. The first-order valence-corrected chi connectivity index (χ1v) is 24.9. The van der Waals surface area contributed by atoms with Gasteiger partial charge in [-0.25, -0.2) is 18.7 Å². The van der Waals surface area contributed by atoms with E-state index in [1.165, 1.54) is 0 Å². The summed E-state index contributed by atoms with van der Waals surface area (Å²) in [5, 5.41) is 22.5. The van der Waals surface area contributed by atoms with Crippen LogP contribution in [0.2, 0.25) is 5.02 Å². The number of carbonyl (C=O) groups is 2. The molecule has 18 heteroatoms. The van der Waals surface area contributed by atoms with Gasteiger partial charge in [0, 0.05) is 135 Å². The van der Waals surface area contributed by atoms with Crippen molar-refractivity contribution in [3.05, 3.63) is 93.7 Å². The summed E-state index contributed by atoms with van der Waals surface area (Å²) in [5.74, 6) is 1.75. The van der Waals surface area contributed by atoms with Gasteiger partial charge in [-0.2, -0.15) is 15.5 Å². The molecule has 368 valence electrons. The second-order valence-corrected chi connectivity index (χ2v) is 21.4. The highest BCUT2D eigenvalue weighted by Gasteiger charge is 2.64. The van der Waals surface area contributed by atoms with Crippen molar-refractivity contribution in [3.63, 3.8) is 0 Å². The van der Waals surface area contributed by atoms with Crippen LogP contribution in [0.4, 0.5) is 26.2 Å². The van der Waals surface area contributed by atoms with Crippen molar-refractivity contribution >= 4 is 40.9 Å². The van der Waals surface area contributed by atoms with Crippen molar-refractivity contribution in [2.75, 3.05) is 49.1 Å². The molecule has 2 saturated carbocycles. The van der Waals surface area contributed by atoms with Crippen molar-refractivity contribution in [1.29, 1.82) is 5.26 Å². The Hall–Kier alpha value is -6.12. The fourth-order valence-electron chi connectivity index (χ4n) is 12.4. The van der Waals surface area contributed by atoms with E-state index < -0.39 is 17.3 Å². The quantitative estimate of drug-likeness (QED) is 0.144. The lowest BCUT2D eigenvalue weighted by Crippen LogP contribution is -2.74. The normalized spacial score (nSPS) is 23.0. The number of hydrogen-bond acceptors (Lipinski definition) is 11. The Kier molecular flexibility index (Phi) is 12.6. The lowest BCUT2D eigenvalue weighted by molar-refractivity contribution is -0.164. The molecule has 1 saturated heterocycles. The standard InChI is InChI=1S/C52H61ClF2N12O3/c1-31(68)65-17-15-43-41(30-65)46(66-16-7-8-32-22-39(35-28-59-62(6)29-35)40(45(54)55)24-44(32)66)61-67(43)37-12-10-36(11-13-37)63-18-20-64(21-19-63)50-57-26-34(27-58-50)47(69)60-48-51(2,3)49(52(48,4)5)70-38-14-9-33(25-56)42(53)23-38/h9,14,22-24,26-29,36-37,45,48-49H,7-8,10-13,15-21,30H2,1-6H3,(H,60,69). The number of ether oxygens (including phenoxy) is 1. The predicted octanol–water partition coefficient (Wildman–Crippen LogP) is 8.44. The van der Waals surface area contributed by atoms with Crippen molar-refractivity contribution in [2.24, 2.45) is 17.9 Å². The van der Waals surface area contributed by atoms with Crippen molar-refractivity contribution in [1.82, 2.24) is 44.6 Å². The molecule has 10 rings (SSSR count). The minimum atomic E-state index is -2.66.